The van der Waals surface area contributed by atoms with Crippen LogP contribution in [-0.2, 0) is 16.0 Å². The Morgan fingerprint density at radius 3 is 2.55 bits per heavy atom. The number of rotatable bonds is 5. The van der Waals surface area contributed by atoms with Gasteiger partial charge >= 0.3 is 0 Å². The van der Waals surface area contributed by atoms with Crippen molar-refractivity contribution in [1.29, 1.82) is 0 Å². The number of amides is 2. The zero-order valence-electron chi connectivity index (χ0n) is 11.6. The Morgan fingerprint density at radius 2 is 1.82 bits per heavy atom. The third-order valence-electron chi connectivity index (χ3n) is 2.86. The Morgan fingerprint density at radius 1 is 1.05 bits per heavy atom. The largest absolute Gasteiger partial charge is 0.347 e. The lowest BCUT2D eigenvalue weighted by Crippen LogP contribution is -2.33. The second-order valence-corrected chi connectivity index (χ2v) is 5.52. The molecule has 114 valence electrons. The van der Waals surface area contributed by atoms with Crippen LogP contribution in [0.4, 0.5) is 10.1 Å². The monoisotopic (exact) mass is 364 g/mol. The molecule has 2 aromatic carbocycles. The molecule has 0 saturated heterocycles. The fourth-order valence-electron chi connectivity index (χ4n) is 1.83. The van der Waals surface area contributed by atoms with Gasteiger partial charge in [0.15, 0.2) is 0 Å². The van der Waals surface area contributed by atoms with Gasteiger partial charge in [0.2, 0.25) is 11.8 Å². The molecule has 0 heterocycles. The van der Waals surface area contributed by atoms with Crippen LogP contribution in [0.2, 0.25) is 0 Å². The van der Waals surface area contributed by atoms with Crippen molar-refractivity contribution >= 4 is 33.4 Å². The first-order valence-electron chi connectivity index (χ1n) is 6.60. The summed E-state index contributed by atoms with van der Waals surface area (Å²) in [6.07, 6.45) is -0.100. The highest BCUT2D eigenvalue weighted by Crippen LogP contribution is 2.15. The van der Waals surface area contributed by atoms with Crippen LogP contribution in [0.5, 0.6) is 0 Å². The molecular formula is C16H14BrFN2O2. The van der Waals surface area contributed by atoms with Gasteiger partial charge in [-0.15, -0.1) is 0 Å². The van der Waals surface area contributed by atoms with Crippen LogP contribution in [0.3, 0.4) is 0 Å². The lowest BCUT2D eigenvalue weighted by atomic mass is 10.1. The normalized spacial score (nSPS) is 10.1. The van der Waals surface area contributed by atoms with Crippen molar-refractivity contribution in [1.82, 2.24) is 5.32 Å². The molecule has 2 aromatic rings. The minimum absolute atomic E-state index is 0.100. The summed E-state index contributed by atoms with van der Waals surface area (Å²) in [6, 6.07) is 13.2. The third kappa shape index (κ3) is 4.96. The first-order chi connectivity index (χ1) is 10.5. The van der Waals surface area contributed by atoms with Crippen LogP contribution in [0.1, 0.15) is 5.56 Å². The van der Waals surface area contributed by atoms with E-state index in [1.165, 1.54) is 12.1 Å². The van der Waals surface area contributed by atoms with Crippen molar-refractivity contribution in [3.05, 3.63) is 64.4 Å². The molecule has 2 N–H and O–H groups in total. The van der Waals surface area contributed by atoms with Crippen LogP contribution in [0.15, 0.2) is 53.0 Å². The quantitative estimate of drug-likeness (QED) is 0.856. The molecule has 0 radical (unpaired) electrons. The van der Waals surface area contributed by atoms with E-state index in [0.29, 0.717) is 11.3 Å². The first-order valence-corrected chi connectivity index (χ1v) is 7.39. The van der Waals surface area contributed by atoms with E-state index in [1.807, 2.05) is 6.07 Å². The van der Waals surface area contributed by atoms with Gasteiger partial charge in [-0.05, 0) is 29.8 Å². The predicted octanol–water partition coefficient (Wildman–Crippen LogP) is 2.89. The second kappa shape index (κ2) is 7.70. The maximum absolute atomic E-state index is 13.4. The molecule has 0 fully saturated rings. The van der Waals surface area contributed by atoms with Crippen LogP contribution < -0.4 is 10.6 Å². The molecule has 0 spiro atoms. The lowest BCUT2D eigenvalue weighted by Gasteiger charge is -2.07. The molecule has 4 nitrogen and oxygen atoms in total. The van der Waals surface area contributed by atoms with E-state index >= 15 is 0 Å². The van der Waals surface area contributed by atoms with Gasteiger partial charge < -0.3 is 10.6 Å². The number of hydrogen-bond donors (Lipinski definition) is 2. The van der Waals surface area contributed by atoms with Gasteiger partial charge in [0, 0.05) is 10.2 Å². The zero-order chi connectivity index (χ0) is 15.9. The molecule has 6 heteroatoms. The number of halogens is 2. The van der Waals surface area contributed by atoms with Crippen molar-refractivity contribution in [2.45, 2.75) is 6.42 Å². The molecule has 0 atom stereocenters. The summed E-state index contributed by atoms with van der Waals surface area (Å²) in [5.41, 5.74) is 0.926. The molecule has 2 rings (SSSR count). The molecule has 0 bridgehead atoms. The maximum atomic E-state index is 13.4. The van der Waals surface area contributed by atoms with Crippen molar-refractivity contribution in [3.63, 3.8) is 0 Å². The summed E-state index contributed by atoms with van der Waals surface area (Å²) in [5.74, 6) is -1.19. The van der Waals surface area contributed by atoms with Crippen molar-refractivity contribution < 1.29 is 14.0 Å². The van der Waals surface area contributed by atoms with Crippen molar-refractivity contribution in [2.75, 3.05) is 11.9 Å². The SMILES string of the molecule is O=C(Cc1ccccc1F)NCC(=O)Nc1cccc(Br)c1. The molecule has 0 aliphatic rings. The highest BCUT2D eigenvalue weighted by atomic mass is 79.9. The topological polar surface area (TPSA) is 58.2 Å². The van der Waals surface area contributed by atoms with Gasteiger partial charge in [0.1, 0.15) is 5.82 Å². The summed E-state index contributed by atoms with van der Waals surface area (Å²) in [6.45, 7) is -0.167. The molecule has 0 unspecified atom stereocenters. The Labute approximate surface area is 135 Å². The minimum Gasteiger partial charge on any atom is -0.347 e. The van der Waals surface area contributed by atoms with E-state index in [4.69, 9.17) is 0 Å². The fraction of sp³-hybridized carbons (Fsp3) is 0.125. The summed E-state index contributed by atoms with van der Waals surface area (Å²) < 4.78 is 14.3. The summed E-state index contributed by atoms with van der Waals surface area (Å²) in [4.78, 5) is 23.4. The Balaban J connectivity index is 1.81. The van der Waals surface area contributed by atoms with Crippen molar-refractivity contribution in [2.24, 2.45) is 0 Å². The maximum Gasteiger partial charge on any atom is 0.243 e. The molecule has 0 aliphatic carbocycles. The standard InChI is InChI=1S/C16H14BrFN2O2/c17-12-5-3-6-13(9-12)20-16(22)10-19-15(21)8-11-4-1-2-7-14(11)18/h1-7,9H,8,10H2,(H,19,21)(H,20,22). The molecule has 22 heavy (non-hydrogen) atoms. The van der Waals surface area contributed by atoms with Crippen molar-refractivity contribution in [3.8, 4) is 0 Å². The average molecular weight is 365 g/mol. The van der Waals surface area contributed by atoms with Gasteiger partial charge in [-0.25, -0.2) is 4.39 Å². The van der Waals surface area contributed by atoms with E-state index in [-0.39, 0.29) is 18.9 Å². The Bertz CT molecular complexity index is 691. The fourth-order valence-corrected chi connectivity index (χ4v) is 2.23. The van der Waals surface area contributed by atoms with Gasteiger partial charge in [0.05, 0.1) is 13.0 Å². The average Bonchev–Trinajstić information content (AvgIpc) is 2.48. The minimum atomic E-state index is -0.434. The van der Waals surface area contributed by atoms with E-state index in [0.717, 1.165) is 4.47 Å². The number of hydrogen-bond acceptors (Lipinski definition) is 2. The number of benzene rings is 2. The summed E-state index contributed by atoms with van der Waals surface area (Å²) >= 11 is 3.30. The van der Waals surface area contributed by atoms with E-state index in [1.54, 1.807) is 30.3 Å². The molecule has 2 amide bonds. The van der Waals surface area contributed by atoms with E-state index < -0.39 is 11.7 Å². The molecule has 0 aromatic heterocycles. The highest BCUT2D eigenvalue weighted by molar-refractivity contribution is 9.10. The van der Waals surface area contributed by atoms with Crippen LogP contribution in [0.25, 0.3) is 0 Å². The first kappa shape index (κ1) is 16.2. The third-order valence-corrected chi connectivity index (χ3v) is 3.36. The molecule has 0 saturated carbocycles. The van der Waals surface area contributed by atoms with Crippen LogP contribution >= 0.6 is 15.9 Å². The molecule has 0 aliphatic heterocycles. The summed E-state index contributed by atoms with van der Waals surface area (Å²) in [7, 11) is 0. The second-order valence-electron chi connectivity index (χ2n) is 4.60. The zero-order valence-corrected chi connectivity index (χ0v) is 13.2. The van der Waals surface area contributed by atoms with Crippen LogP contribution in [-0.4, -0.2) is 18.4 Å². The Kier molecular flexibility index (Phi) is 5.66. The van der Waals surface area contributed by atoms with Gasteiger partial charge in [-0.3, -0.25) is 9.59 Å². The van der Waals surface area contributed by atoms with Gasteiger partial charge in [-0.2, -0.15) is 0 Å². The predicted molar refractivity (Wildman–Crippen MR) is 85.9 cm³/mol. The number of nitrogens with one attached hydrogen (secondary N) is 2. The van der Waals surface area contributed by atoms with E-state index in [2.05, 4.69) is 26.6 Å². The van der Waals surface area contributed by atoms with E-state index in [9.17, 15) is 14.0 Å². The number of carbonyl (C=O) groups is 2. The smallest absolute Gasteiger partial charge is 0.243 e. The molecular weight excluding hydrogens is 351 g/mol. The van der Waals surface area contributed by atoms with Crippen LogP contribution in [0, 0.1) is 5.82 Å². The van der Waals surface area contributed by atoms with Gasteiger partial charge in [-0.1, -0.05) is 40.2 Å². The Hall–Kier alpha value is -2.21. The van der Waals surface area contributed by atoms with Gasteiger partial charge in [0.25, 0.3) is 0 Å². The number of anilines is 1. The lowest BCUT2D eigenvalue weighted by molar-refractivity contribution is -0.123. The number of carbonyl (C=O) groups excluding carboxylic acids is 2. The summed E-state index contributed by atoms with van der Waals surface area (Å²) in [5, 5.41) is 5.12. The highest BCUT2D eigenvalue weighted by Gasteiger charge is 2.09.